The molecule has 0 aliphatic heterocycles. The number of anilines is 1. The summed E-state index contributed by atoms with van der Waals surface area (Å²) in [5, 5.41) is 6.50. The van der Waals surface area contributed by atoms with Crippen LogP contribution in [-0.4, -0.2) is 22.6 Å². The van der Waals surface area contributed by atoms with Crippen LogP contribution in [-0.2, 0) is 4.79 Å². The van der Waals surface area contributed by atoms with Crippen molar-refractivity contribution in [2.75, 3.05) is 11.9 Å². The zero-order chi connectivity index (χ0) is 25.8. The van der Waals surface area contributed by atoms with Crippen LogP contribution in [0, 0.1) is 13.8 Å². The van der Waals surface area contributed by atoms with Crippen molar-refractivity contribution in [2.45, 2.75) is 40.0 Å². The van der Waals surface area contributed by atoms with E-state index in [2.05, 4.69) is 41.6 Å². The van der Waals surface area contributed by atoms with Gasteiger partial charge in [0, 0.05) is 16.3 Å². The van der Waals surface area contributed by atoms with Crippen molar-refractivity contribution < 1.29 is 13.9 Å². The molecule has 8 heteroatoms. The third-order valence-corrected chi connectivity index (χ3v) is 6.82. The van der Waals surface area contributed by atoms with Gasteiger partial charge in [-0.1, -0.05) is 31.5 Å². The van der Waals surface area contributed by atoms with Crippen LogP contribution in [0.1, 0.15) is 42.9 Å². The van der Waals surface area contributed by atoms with E-state index in [1.807, 2.05) is 44.2 Å². The minimum Gasteiger partial charge on any atom is -0.484 e. The van der Waals surface area contributed by atoms with Gasteiger partial charge in [0.2, 0.25) is 5.89 Å². The Bertz CT molecular complexity index is 1390. The second-order valence-electron chi connectivity index (χ2n) is 8.79. The maximum absolute atomic E-state index is 12.3. The number of carbonyl (C=O) groups excluding carboxylic acids is 1. The van der Waals surface area contributed by atoms with E-state index in [0.717, 1.165) is 39.9 Å². The minimum atomic E-state index is -0.363. The zero-order valence-electron chi connectivity index (χ0n) is 20.6. The number of hydrogen-bond donors (Lipinski definition) is 2. The van der Waals surface area contributed by atoms with Gasteiger partial charge in [0.1, 0.15) is 11.3 Å². The lowest BCUT2D eigenvalue weighted by Crippen LogP contribution is -2.37. The second-order valence-corrected chi connectivity index (χ2v) is 9.58. The maximum Gasteiger partial charge on any atom is 0.264 e. The number of nitrogens with one attached hydrogen (secondary N) is 2. The molecule has 0 saturated carbocycles. The van der Waals surface area contributed by atoms with Crippen LogP contribution in [0.25, 0.3) is 22.6 Å². The molecule has 0 aliphatic rings. The first-order valence-electron chi connectivity index (χ1n) is 11.7. The topological polar surface area (TPSA) is 76.4 Å². The SMILES string of the molecule is CC[C@H](C)c1ccc2oc(-c3ccc(NC(=S)NC(=O)COc4cc(C)c(Cl)c(C)c4)cc3)nc2c1. The molecule has 4 aromatic rings. The quantitative estimate of drug-likeness (QED) is 0.251. The van der Waals surface area contributed by atoms with Crippen LogP contribution < -0.4 is 15.4 Å². The Kier molecular flexibility index (Phi) is 7.91. The van der Waals surface area contributed by atoms with Crippen LogP contribution in [0.5, 0.6) is 5.75 Å². The number of benzene rings is 3. The number of hydrogen-bond acceptors (Lipinski definition) is 5. The molecule has 4 rings (SSSR count). The fourth-order valence-corrected chi connectivity index (χ4v) is 4.11. The van der Waals surface area contributed by atoms with Gasteiger partial charge in [0.15, 0.2) is 17.3 Å². The number of halogens is 1. The number of amides is 1. The largest absolute Gasteiger partial charge is 0.484 e. The van der Waals surface area contributed by atoms with Crippen molar-refractivity contribution in [3.05, 3.63) is 76.3 Å². The van der Waals surface area contributed by atoms with Gasteiger partial charge >= 0.3 is 0 Å². The molecule has 0 saturated heterocycles. The number of ether oxygens (including phenoxy) is 1. The molecule has 3 aromatic carbocycles. The summed E-state index contributed by atoms with van der Waals surface area (Å²) >= 11 is 11.4. The smallest absolute Gasteiger partial charge is 0.264 e. The van der Waals surface area contributed by atoms with Crippen molar-refractivity contribution >= 4 is 51.6 Å². The minimum absolute atomic E-state index is 0.169. The van der Waals surface area contributed by atoms with Crippen LogP contribution in [0.3, 0.4) is 0 Å². The Balaban J connectivity index is 1.33. The first-order chi connectivity index (χ1) is 17.2. The molecule has 186 valence electrons. The number of rotatable bonds is 7. The molecule has 1 atom stereocenters. The lowest BCUT2D eigenvalue weighted by atomic mass is 9.98. The number of aromatic nitrogens is 1. The molecule has 2 N–H and O–H groups in total. The van der Waals surface area contributed by atoms with Gasteiger partial charge in [-0.2, -0.15) is 0 Å². The molecule has 6 nitrogen and oxygen atoms in total. The van der Waals surface area contributed by atoms with Gasteiger partial charge < -0.3 is 14.5 Å². The molecule has 0 fully saturated rings. The summed E-state index contributed by atoms with van der Waals surface area (Å²) < 4.78 is 11.5. The monoisotopic (exact) mass is 521 g/mol. The van der Waals surface area contributed by atoms with Gasteiger partial charge in [-0.25, -0.2) is 4.98 Å². The molecule has 1 heterocycles. The molecule has 0 unspecified atom stereocenters. The average molecular weight is 522 g/mol. The molecular weight excluding hydrogens is 494 g/mol. The van der Waals surface area contributed by atoms with E-state index in [4.69, 9.17) is 33.0 Å². The lowest BCUT2D eigenvalue weighted by molar-refractivity contribution is -0.121. The van der Waals surface area contributed by atoms with Crippen molar-refractivity contribution in [3.8, 4) is 17.2 Å². The van der Waals surface area contributed by atoms with Crippen molar-refractivity contribution in [1.82, 2.24) is 10.3 Å². The summed E-state index contributed by atoms with van der Waals surface area (Å²) in [5.41, 5.74) is 6.21. The number of thiocarbonyl (C=S) groups is 1. The van der Waals surface area contributed by atoms with Crippen LogP contribution in [0.15, 0.2) is 59.0 Å². The van der Waals surface area contributed by atoms with E-state index < -0.39 is 0 Å². The molecule has 0 aliphatic carbocycles. The average Bonchev–Trinajstić information content (AvgIpc) is 3.29. The highest BCUT2D eigenvalue weighted by molar-refractivity contribution is 7.80. The summed E-state index contributed by atoms with van der Waals surface area (Å²) in [6.07, 6.45) is 1.07. The van der Waals surface area contributed by atoms with Crippen LogP contribution in [0.2, 0.25) is 5.02 Å². The molecule has 0 radical (unpaired) electrons. The highest BCUT2D eigenvalue weighted by Crippen LogP contribution is 2.29. The zero-order valence-corrected chi connectivity index (χ0v) is 22.2. The second kappa shape index (κ2) is 11.1. The lowest BCUT2D eigenvalue weighted by Gasteiger charge is -2.12. The van der Waals surface area contributed by atoms with Crippen molar-refractivity contribution in [2.24, 2.45) is 0 Å². The summed E-state index contributed by atoms with van der Waals surface area (Å²) in [6.45, 7) is 7.99. The van der Waals surface area contributed by atoms with E-state index >= 15 is 0 Å². The first kappa shape index (κ1) is 25.7. The summed E-state index contributed by atoms with van der Waals surface area (Å²) in [7, 11) is 0. The predicted molar refractivity (Wildman–Crippen MR) is 149 cm³/mol. The van der Waals surface area contributed by atoms with E-state index in [1.54, 1.807) is 12.1 Å². The fraction of sp³-hybridized carbons (Fsp3) is 0.250. The molecule has 36 heavy (non-hydrogen) atoms. The van der Waals surface area contributed by atoms with Gasteiger partial charge in [-0.15, -0.1) is 0 Å². The Labute approximate surface area is 221 Å². The van der Waals surface area contributed by atoms with Crippen LogP contribution >= 0.6 is 23.8 Å². The molecular formula is C28H28ClN3O3S. The summed E-state index contributed by atoms with van der Waals surface area (Å²) in [6, 6.07) is 17.2. The van der Waals surface area contributed by atoms with Gasteiger partial charge in [0.05, 0.1) is 0 Å². The number of nitrogens with zero attached hydrogens (tertiary/aromatic N) is 1. The van der Waals surface area contributed by atoms with Gasteiger partial charge in [0.25, 0.3) is 5.91 Å². The Morgan fingerprint density at radius 3 is 2.47 bits per heavy atom. The molecule has 1 amide bonds. The third-order valence-electron chi connectivity index (χ3n) is 6.02. The van der Waals surface area contributed by atoms with Gasteiger partial charge in [-0.3, -0.25) is 10.1 Å². The summed E-state index contributed by atoms with van der Waals surface area (Å²) in [4.78, 5) is 16.9. The molecule has 0 bridgehead atoms. The third kappa shape index (κ3) is 6.04. The Morgan fingerprint density at radius 1 is 1.11 bits per heavy atom. The predicted octanol–water partition coefficient (Wildman–Crippen LogP) is 7.17. The number of carbonyl (C=O) groups is 1. The fourth-order valence-electron chi connectivity index (χ4n) is 3.77. The van der Waals surface area contributed by atoms with Crippen molar-refractivity contribution in [3.63, 3.8) is 0 Å². The van der Waals surface area contributed by atoms with E-state index in [0.29, 0.717) is 22.6 Å². The van der Waals surface area contributed by atoms with E-state index in [-0.39, 0.29) is 17.6 Å². The molecule has 1 aromatic heterocycles. The standard InChI is InChI=1S/C28H28ClN3O3S/c1-5-16(2)20-8-11-24-23(14-20)31-27(35-24)19-6-9-21(10-7-19)30-28(36)32-25(33)15-34-22-12-17(3)26(29)18(4)13-22/h6-14,16H,5,15H2,1-4H3,(H2,30,32,33,36)/t16-/m0/s1. The van der Waals surface area contributed by atoms with Gasteiger partial charge in [-0.05, 0) is 104 Å². The normalized spacial score (nSPS) is 11.8. The highest BCUT2D eigenvalue weighted by Gasteiger charge is 2.12. The number of fused-ring (bicyclic) bond motifs is 1. The number of aryl methyl sites for hydroxylation is 2. The van der Waals surface area contributed by atoms with E-state index in [9.17, 15) is 4.79 Å². The Morgan fingerprint density at radius 2 is 1.81 bits per heavy atom. The van der Waals surface area contributed by atoms with E-state index in [1.165, 1.54) is 5.56 Å². The molecule has 0 spiro atoms. The van der Waals surface area contributed by atoms with Crippen LogP contribution in [0.4, 0.5) is 5.69 Å². The highest BCUT2D eigenvalue weighted by atomic mass is 35.5. The Hall–Kier alpha value is -3.42. The van der Waals surface area contributed by atoms with Crippen molar-refractivity contribution in [1.29, 1.82) is 0 Å². The number of oxazole rings is 1. The summed E-state index contributed by atoms with van der Waals surface area (Å²) in [5.74, 6) is 1.24. The maximum atomic E-state index is 12.3. The first-order valence-corrected chi connectivity index (χ1v) is 12.5.